The molecule has 1 heterocycles. The Morgan fingerprint density at radius 2 is 2.07 bits per heavy atom. The van der Waals surface area contributed by atoms with Gasteiger partial charge in [0.25, 0.3) is 0 Å². The molecule has 1 aliphatic carbocycles. The van der Waals surface area contributed by atoms with Crippen LogP contribution in [0, 0.1) is 11.8 Å². The molecule has 0 radical (unpaired) electrons. The van der Waals surface area contributed by atoms with Gasteiger partial charge in [-0.05, 0) is 60.6 Å². The normalized spacial score (nSPS) is 15.8. The number of H-pyrrole nitrogens is 1. The van der Waals surface area contributed by atoms with Crippen molar-refractivity contribution >= 4 is 16.9 Å². The number of aromatic nitrogens is 2. The predicted molar refractivity (Wildman–Crippen MR) is 109 cm³/mol. The molecular weight excluding hydrogens is 352 g/mol. The molecule has 28 heavy (non-hydrogen) atoms. The molecule has 1 fully saturated rings. The van der Waals surface area contributed by atoms with Gasteiger partial charge in [-0.1, -0.05) is 31.9 Å². The number of carbonyl (C=O) groups is 1. The zero-order valence-corrected chi connectivity index (χ0v) is 16.1. The molecule has 0 saturated heterocycles. The van der Waals surface area contributed by atoms with Crippen molar-refractivity contribution in [1.82, 2.24) is 10.2 Å². The van der Waals surface area contributed by atoms with Crippen molar-refractivity contribution in [3.05, 3.63) is 48.2 Å². The van der Waals surface area contributed by atoms with Gasteiger partial charge in [0.1, 0.15) is 5.75 Å². The minimum atomic E-state index is -0.775. The van der Waals surface area contributed by atoms with Crippen LogP contribution >= 0.6 is 0 Å². The smallest absolute Gasteiger partial charge is 0.306 e. The number of carboxylic acid groups (broad SMARTS) is 1. The molecule has 2 N–H and O–H groups in total. The molecule has 0 spiro atoms. The summed E-state index contributed by atoms with van der Waals surface area (Å²) in [5.74, 6) is 0.301. The lowest BCUT2D eigenvalue weighted by atomic mass is 9.96. The van der Waals surface area contributed by atoms with Crippen LogP contribution in [0.3, 0.4) is 0 Å². The Bertz CT molecular complexity index is 973. The van der Waals surface area contributed by atoms with Gasteiger partial charge in [0.2, 0.25) is 0 Å². The van der Waals surface area contributed by atoms with Gasteiger partial charge in [0, 0.05) is 10.9 Å². The average Bonchev–Trinajstić information content (AvgIpc) is 3.37. The summed E-state index contributed by atoms with van der Waals surface area (Å²) in [6.45, 7) is 2.48. The lowest BCUT2D eigenvalue weighted by molar-refractivity contribution is -0.141. The number of nitrogens with zero attached hydrogens (tertiary/aromatic N) is 1. The van der Waals surface area contributed by atoms with Gasteiger partial charge < -0.3 is 9.84 Å². The van der Waals surface area contributed by atoms with E-state index in [4.69, 9.17) is 4.74 Å². The molecule has 146 valence electrons. The van der Waals surface area contributed by atoms with Crippen LogP contribution in [0.5, 0.6) is 5.75 Å². The molecule has 1 aliphatic rings. The van der Waals surface area contributed by atoms with Gasteiger partial charge in [-0.25, -0.2) is 0 Å². The van der Waals surface area contributed by atoms with Crippen LogP contribution < -0.4 is 4.74 Å². The molecule has 1 aromatic heterocycles. The van der Waals surface area contributed by atoms with Crippen molar-refractivity contribution in [3.63, 3.8) is 0 Å². The Hall–Kier alpha value is -2.82. The van der Waals surface area contributed by atoms with Crippen molar-refractivity contribution in [2.45, 2.75) is 39.0 Å². The van der Waals surface area contributed by atoms with E-state index < -0.39 is 11.9 Å². The zero-order chi connectivity index (χ0) is 19.5. The van der Waals surface area contributed by atoms with Gasteiger partial charge in [0.05, 0.1) is 24.2 Å². The van der Waals surface area contributed by atoms with E-state index in [0.717, 1.165) is 39.9 Å². The van der Waals surface area contributed by atoms with Crippen LogP contribution in [0.1, 0.15) is 38.2 Å². The van der Waals surface area contributed by atoms with E-state index in [1.807, 2.05) is 24.4 Å². The summed E-state index contributed by atoms with van der Waals surface area (Å²) in [6.07, 6.45) is 7.39. The fourth-order valence-corrected chi connectivity index (χ4v) is 3.99. The zero-order valence-electron chi connectivity index (χ0n) is 16.1. The summed E-state index contributed by atoms with van der Waals surface area (Å²) in [6, 6.07) is 12.2. The minimum Gasteiger partial charge on any atom is -0.493 e. The largest absolute Gasteiger partial charge is 0.493 e. The van der Waals surface area contributed by atoms with Crippen molar-refractivity contribution in [2.75, 3.05) is 6.61 Å². The van der Waals surface area contributed by atoms with Crippen LogP contribution in [0.15, 0.2) is 42.6 Å². The summed E-state index contributed by atoms with van der Waals surface area (Å²) in [5.41, 5.74) is 4.06. The van der Waals surface area contributed by atoms with E-state index in [1.54, 1.807) is 6.92 Å². The highest BCUT2D eigenvalue weighted by molar-refractivity contribution is 5.85. The number of hydrogen-bond acceptors (Lipinski definition) is 3. The van der Waals surface area contributed by atoms with Crippen LogP contribution in [-0.2, 0) is 11.2 Å². The summed E-state index contributed by atoms with van der Waals surface area (Å²) in [4.78, 5) is 11.3. The van der Waals surface area contributed by atoms with Gasteiger partial charge in [-0.3, -0.25) is 9.89 Å². The van der Waals surface area contributed by atoms with Gasteiger partial charge in [0.15, 0.2) is 0 Å². The number of rotatable bonds is 7. The molecule has 0 aliphatic heterocycles. The Kier molecular flexibility index (Phi) is 5.33. The Morgan fingerprint density at radius 3 is 2.86 bits per heavy atom. The summed E-state index contributed by atoms with van der Waals surface area (Å²) in [5, 5.41) is 17.4. The lowest BCUT2D eigenvalue weighted by Gasteiger charge is -2.17. The SMILES string of the molecule is CC(Cc1ccc(OCC2CCCC2)c(-c2ccc3[nH]ncc3c2)c1)C(=O)O. The highest BCUT2D eigenvalue weighted by atomic mass is 16.5. The first-order chi connectivity index (χ1) is 13.6. The molecular formula is C23H26N2O3. The third-order valence-electron chi connectivity index (χ3n) is 5.71. The summed E-state index contributed by atoms with van der Waals surface area (Å²) < 4.78 is 6.24. The fraction of sp³-hybridized carbons (Fsp3) is 0.391. The topological polar surface area (TPSA) is 75.2 Å². The van der Waals surface area contributed by atoms with E-state index in [9.17, 15) is 9.90 Å². The second-order valence-corrected chi connectivity index (χ2v) is 7.91. The standard InChI is InChI=1S/C23H26N2O3/c1-15(23(26)27)10-17-6-9-22(28-14-16-4-2-3-5-16)20(11-17)18-7-8-21-19(12-18)13-24-25-21/h6-9,11-13,15-16H,2-5,10,14H2,1H3,(H,24,25)(H,26,27). The molecule has 5 heteroatoms. The van der Waals surface area contributed by atoms with Crippen molar-refractivity contribution in [1.29, 1.82) is 0 Å². The molecule has 0 bridgehead atoms. The van der Waals surface area contributed by atoms with Crippen molar-refractivity contribution < 1.29 is 14.6 Å². The number of aliphatic carboxylic acids is 1. The fourth-order valence-electron chi connectivity index (χ4n) is 3.99. The van der Waals surface area contributed by atoms with Crippen LogP contribution in [0.4, 0.5) is 0 Å². The molecule has 1 saturated carbocycles. The quantitative estimate of drug-likeness (QED) is 0.602. The maximum Gasteiger partial charge on any atom is 0.306 e. The van der Waals surface area contributed by atoms with Crippen LogP contribution in [0.2, 0.25) is 0 Å². The Balaban J connectivity index is 1.66. The van der Waals surface area contributed by atoms with E-state index in [0.29, 0.717) is 12.3 Å². The van der Waals surface area contributed by atoms with Gasteiger partial charge in [-0.2, -0.15) is 5.10 Å². The Labute approximate surface area is 164 Å². The van der Waals surface area contributed by atoms with Gasteiger partial charge >= 0.3 is 5.97 Å². The molecule has 1 atom stereocenters. The lowest BCUT2D eigenvalue weighted by Crippen LogP contribution is -2.12. The molecule has 5 nitrogen and oxygen atoms in total. The summed E-state index contributed by atoms with van der Waals surface area (Å²) >= 11 is 0. The Morgan fingerprint density at radius 1 is 1.25 bits per heavy atom. The molecule has 2 aromatic carbocycles. The molecule has 4 rings (SSSR count). The number of fused-ring (bicyclic) bond motifs is 1. The highest BCUT2D eigenvalue weighted by Crippen LogP contribution is 2.35. The van der Waals surface area contributed by atoms with E-state index >= 15 is 0 Å². The van der Waals surface area contributed by atoms with E-state index in [-0.39, 0.29) is 0 Å². The first-order valence-corrected chi connectivity index (χ1v) is 10.0. The molecule has 1 unspecified atom stereocenters. The maximum atomic E-state index is 11.3. The average molecular weight is 378 g/mol. The third kappa shape index (κ3) is 4.03. The number of benzene rings is 2. The molecule has 3 aromatic rings. The van der Waals surface area contributed by atoms with E-state index in [2.05, 4.69) is 28.4 Å². The predicted octanol–water partition coefficient (Wildman–Crippen LogP) is 5.06. The monoisotopic (exact) mass is 378 g/mol. The first kappa shape index (κ1) is 18.5. The first-order valence-electron chi connectivity index (χ1n) is 10.0. The minimum absolute atomic E-state index is 0.422. The second kappa shape index (κ2) is 8.05. The second-order valence-electron chi connectivity index (χ2n) is 7.91. The number of ether oxygens (including phenoxy) is 1. The highest BCUT2D eigenvalue weighted by Gasteiger charge is 2.18. The van der Waals surface area contributed by atoms with Gasteiger partial charge in [-0.15, -0.1) is 0 Å². The number of aromatic amines is 1. The summed E-state index contributed by atoms with van der Waals surface area (Å²) in [7, 11) is 0. The van der Waals surface area contributed by atoms with Crippen LogP contribution in [0.25, 0.3) is 22.0 Å². The number of carboxylic acids is 1. The van der Waals surface area contributed by atoms with E-state index in [1.165, 1.54) is 25.7 Å². The number of hydrogen-bond donors (Lipinski definition) is 2. The maximum absolute atomic E-state index is 11.3. The van der Waals surface area contributed by atoms with Crippen molar-refractivity contribution in [3.8, 4) is 16.9 Å². The van der Waals surface area contributed by atoms with Crippen molar-refractivity contribution in [2.24, 2.45) is 11.8 Å². The number of nitrogens with one attached hydrogen (secondary N) is 1. The van der Waals surface area contributed by atoms with Crippen LogP contribution in [-0.4, -0.2) is 27.9 Å². The third-order valence-corrected chi connectivity index (χ3v) is 5.71. The molecule has 0 amide bonds.